The molecule has 1 unspecified atom stereocenters. The highest BCUT2D eigenvalue weighted by atomic mass is 32.2. The van der Waals surface area contributed by atoms with E-state index in [4.69, 9.17) is 10.5 Å². The average molecular weight is 382 g/mol. The number of hydrogen-bond acceptors (Lipinski definition) is 5. The number of benzene rings is 1. The largest absolute Gasteiger partial charge is 0.379 e. The van der Waals surface area contributed by atoms with Gasteiger partial charge in [-0.25, -0.2) is 0 Å². The van der Waals surface area contributed by atoms with Crippen LogP contribution in [-0.2, 0) is 19.7 Å². The zero-order valence-corrected chi connectivity index (χ0v) is 15.6. The van der Waals surface area contributed by atoms with Gasteiger partial charge in [-0.3, -0.25) is 4.79 Å². The standard InChI is InChI=1S/C17H26N4O4S/c18-16(15-4-2-1-3-5-15)14-17(22)19-6-8-20(9-7-19)26(23,24)21-10-12-25-13-11-21/h1-5,16H,6-14,18H2. The molecule has 0 spiro atoms. The van der Waals surface area contributed by atoms with E-state index < -0.39 is 10.2 Å². The Morgan fingerprint density at radius 3 is 2.19 bits per heavy atom. The highest BCUT2D eigenvalue weighted by Crippen LogP contribution is 2.18. The van der Waals surface area contributed by atoms with Gasteiger partial charge in [-0.2, -0.15) is 17.0 Å². The molecule has 0 aliphatic carbocycles. The molecule has 2 heterocycles. The lowest BCUT2D eigenvalue weighted by atomic mass is 10.0. The molecule has 144 valence electrons. The fraction of sp³-hybridized carbons (Fsp3) is 0.588. The second kappa shape index (κ2) is 8.45. The molecule has 0 bridgehead atoms. The van der Waals surface area contributed by atoms with E-state index >= 15 is 0 Å². The van der Waals surface area contributed by atoms with Crippen LogP contribution in [0.1, 0.15) is 18.0 Å². The number of carbonyl (C=O) groups excluding carboxylic acids is 1. The van der Waals surface area contributed by atoms with Crippen LogP contribution in [-0.4, -0.2) is 80.3 Å². The number of ether oxygens (including phenoxy) is 1. The van der Waals surface area contributed by atoms with Gasteiger partial charge in [0.25, 0.3) is 10.2 Å². The summed E-state index contributed by atoms with van der Waals surface area (Å²) in [5, 5.41) is 0. The van der Waals surface area contributed by atoms with E-state index in [1.807, 2.05) is 30.3 Å². The normalized spacial score (nSPS) is 21.5. The van der Waals surface area contributed by atoms with E-state index in [1.165, 1.54) is 8.61 Å². The summed E-state index contributed by atoms with van der Waals surface area (Å²) in [5.41, 5.74) is 7.05. The van der Waals surface area contributed by atoms with Gasteiger partial charge in [0.05, 0.1) is 13.2 Å². The summed E-state index contributed by atoms with van der Waals surface area (Å²) < 4.78 is 33.4. The number of nitrogens with zero attached hydrogens (tertiary/aromatic N) is 3. The van der Waals surface area contributed by atoms with Gasteiger partial charge in [0.15, 0.2) is 0 Å². The van der Waals surface area contributed by atoms with Crippen LogP contribution in [0.4, 0.5) is 0 Å². The lowest BCUT2D eigenvalue weighted by Crippen LogP contribution is -2.55. The molecular formula is C17H26N4O4S. The minimum atomic E-state index is -3.48. The molecule has 8 nitrogen and oxygen atoms in total. The maximum absolute atomic E-state index is 12.7. The van der Waals surface area contributed by atoms with Crippen molar-refractivity contribution in [3.05, 3.63) is 35.9 Å². The lowest BCUT2D eigenvalue weighted by Gasteiger charge is -2.37. The zero-order chi connectivity index (χ0) is 18.6. The minimum Gasteiger partial charge on any atom is -0.379 e. The first kappa shape index (κ1) is 19.2. The SMILES string of the molecule is NC(CC(=O)N1CCN(S(=O)(=O)N2CCOCC2)CC1)c1ccccc1. The third-order valence-corrected chi connectivity index (χ3v) is 6.87. The number of carbonyl (C=O) groups is 1. The van der Waals surface area contributed by atoms with Gasteiger partial charge in [-0.15, -0.1) is 0 Å². The summed E-state index contributed by atoms with van der Waals surface area (Å²) in [6.45, 7) is 3.02. The van der Waals surface area contributed by atoms with E-state index in [2.05, 4.69) is 0 Å². The molecule has 0 radical (unpaired) electrons. The van der Waals surface area contributed by atoms with Crippen molar-refractivity contribution in [3.8, 4) is 0 Å². The molecule has 26 heavy (non-hydrogen) atoms. The molecule has 3 rings (SSSR count). The first-order chi connectivity index (χ1) is 12.5. The maximum atomic E-state index is 12.7. The molecule has 9 heteroatoms. The van der Waals surface area contributed by atoms with Crippen LogP contribution in [0, 0.1) is 0 Å². The molecule has 0 aromatic heterocycles. The minimum absolute atomic E-state index is 0.0372. The highest BCUT2D eigenvalue weighted by molar-refractivity contribution is 7.86. The molecule has 1 amide bonds. The van der Waals surface area contributed by atoms with Crippen LogP contribution in [0.2, 0.25) is 0 Å². The van der Waals surface area contributed by atoms with Crippen molar-refractivity contribution in [1.82, 2.24) is 13.5 Å². The molecule has 2 saturated heterocycles. The van der Waals surface area contributed by atoms with E-state index in [-0.39, 0.29) is 18.4 Å². The monoisotopic (exact) mass is 382 g/mol. The second-order valence-corrected chi connectivity index (χ2v) is 8.45. The summed E-state index contributed by atoms with van der Waals surface area (Å²) in [5.74, 6) is -0.0372. The van der Waals surface area contributed by atoms with E-state index in [0.29, 0.717) is 52.5 Å². The topological polar surface area (TPSA) is 96.2 Å². The number of hydrogen-bond donors (Lipinski definition) is 1. The Morgan fingerprint density at radius 2 is 1.58 bits per heavy atom. The summed E-state index contributed by atoms with van der Waals surface area (Å²) in [6.07, 6.45) is 0.222. The summed E-state index contributed by atoms with van der Waals surface area (Å²) in [7, 11) is -3.48. The molecule has 2 N–H and O–H groups in total. The summed E-state index contributed by atoms with van der Waals surface area (Å²) in [4.78, 5) is 14.2. The number of rotatable bonds is 5. The fourth-order valence-corrected chi connectivity index (χ4v) is 4.81. The Hall–Kier alpha value is -1.52. The van der Waals surface area contributed by atoms with Gasteiger partial charge in [-0.1, -0.05) is 30.3 Å². The van der Waals surface area contributed by atoms with Crippen LogP contribution in [0.3, 0.4) is 0 Å². The van der Waals surface area contributed by atoms with Gasteiger partial charge in [0.2, 0.25) is 5.91 Å². The van der Waals surface area contributed by atoms with Gasteiger partial charge >= 0.3 is 0 Å². The Morgan fingerprint density at radius 1 is 1.00 bits per heavy atom. The molecule has 1 aromatic rings. The Kier molecular flexibility index (Phi) is 6.25. The van der Waals surface area contributed by atoms with Crippen molar-refractivity contribution >= 4 is 16.1 Å². The fourth-order valence-electron chi connectivity index (χ4n) is 3.24. The van der Waals surface area contributed by atoms with Crippen LogP contribution < -0.4 is 5.73 Å². The number of morpholine rings is 1. The smallest absolute Gasteiger partial charge is 0.282 e. The lowest BCUT2D eigenvalue weighted by molar-refractivity contribution is -0.132. The highest BCUT2D eigenvalue weighted by Gasteiger charge is 2.34. The Bertz CT molecular complexity index is 699. The number of nitrogens with two attached hydrogens (primary N) is 1. The molecule has 2 fully saturated rings. The quantitative estimate of drug-likeness (QED) is 0.761. The third kappa shape index (κ3) is 4.41. The molecular weight excluding hydrogens is 356 g/mol. The van der Waals surface area contributed by atoms with E-state index in [9.17, 15) is 13.2 Å². The molecule has 1 atom stereocenters. The average Bonchev–Trinajstić information content (AvgIpc) is 2.69. The van der Waals surface area contributed by atoms with Crippen molar-refractivity contribution < 1.29 is 17.9 Å². The Balaban J connectivity index is 1.52. The van der Waals surface area contributed by atoms with Crippen molar-refractivity contribution in [1.29, 1.82) is 0 Å². The molecule has 0 saturated carbocycles. The summed E-state index contributed by atoms with van der Waals surface area (Å²) >= 11 is 0. The van der Waals surface area contributed by atoms with Crippen molar-refractivity contribution in [2.45, 2.75) is 12.5 Å². The predicted molar refractivity (Wildman–Crippen MR) is 97.5 cm³/mol. The van der Waals surface area contributed by atoms with Gasteiger partial charge in [-0.05, 0) is 5.56 Å². The molecule has 2 aliphatic heterocycles. The Labute approximate surface area is 154 Å². The second-order valence-electron chi connectivity index (χ2n) is 6.52. The molecule has 1 aromatic carbocycles. The number of amides is 1. The van der Waals surface area contributed by atoms with Crippen LogP contribution >= 0.6 is 0 Å². The van der Waals surface area contributed by atoms with Crippen LogP contribution in [0.15, 0.2) is 30.3 Å². The first-order valence-electron chi connectivity index (χ1n) is 8.90. The van der Waals surface area contributed by atoms with Gasteiger partial charge in [0, 0.05) is 51.7 Å². The van der Waals surface area contributed by atoms with Crippen molar-refractivity contribution in [3.63, 3.8) is 0 Å². The van der Waals surface area contributed by atoms with E-state index in [1.54, 1.807) is 4.90 Å². The maximum Gasteiger partial charge on any atom is 0.282 e. The van der Waals surface area contributed by atoms with Gasteiger partial charge < -0.3 is 15.4 Å². The van der Waals surface area contributed by atoms with Gasteiger partial charge in [0.1, 0.15) is 0 Å². The summed E-state index contributed by atoms with van der Waals surface area (Å²) in [6, 6.07) is 9.17. The van der Waals surface area contributed by atoms with Crippen LogP contribution in [0.25, 0.3) is 0 Å². The zero-order valence-electron chi connectivity index (χ0n) is 14.8. The van der Waals surface area contributed by atoms with Crippen molar-refractivity contribution in [2.75, 3.05) is 52.5 Å². The first-order valence-corrected chi connectivity index (χ1v) is 10.3. The number of piperazine rings is 1. The molecule has 2 aliphatic rings. The van der Waals surface area contributed by atoms with Crippen LogP contribution in [0.5, 0.6) is 0 Å². The van der Waals surface area contributed by atoms with Crippen molar-refractivity contribution in [2.24, 2.45) is 5.73 Å². The van der Waals surface area contributed by atoms with E-state index in [0.717, 1.165) is 5.56 Å². The third-order valence-electron chi connectivity index (χ3n) is 4.84. The predicted octanol–water partition coefficient (Wildman–Crippen LogP) is -0.202.